The Morgan fingerprint density at radius 1 is 0.839 bits per heavy atom. The Morgan fingerprint density at radius 3 is 2.23 bits per heavy atom. The quantitative estimate of drug-likeness (QED) is 0.258. The molecule has 0 aromatic heterocycles. The molecule has 0 bridgehead atoms. The number of thioether (sulfide) groups is 2. The lowest BCUT2D eigenvalue weighted by Crippen LogP contribution is -2.40. The fourth-order valence-corrected chi connectivity index (χ4v) is 8.27. The molecular formula is C26H19NO2S2. The molecule has 3 aromatic carbocycles. The van der Waals surface area contributed by atoms with Crippen LogP contribution in [0.3, 0.4) is 0 Å². The van der Waals surface area contributed by atoms with E-state index in [4.69, 9.17) is 5.73 Å². The summed E-state index contributed by atoms with van der Waals surface area (Å²) >= 11 is 3.50. The number of carbonyl (C=O) groups is 2. The molecule has 2 fully saturated rings. The predicted octanol–water partition coefficient (Wildman–Crippen LogP) is 5.12. The van der Waals surface area contributed by atoms with E-state index in [-0.39, 0.29) is 16.8 Å². The third-order valence-electron chi connectivity index (χ3n) is 6.41. The average Bonchev–Trinajstić information content (AvgIpc) is 3.71. The molecule has 2 aliphatic heterocycles. The topological polar surface area (TPSA) is 60.2 Å². The van der Waals surface area contributed by atoms with Gasteiger partial charge >= 0.3 is 0 Å². The Hall–Kier alpha value is -2.76. The first-order chi connectivity index (χ1) is 15.1. The van der Waals surface area contributed by atoms with Gasteiger partial charge in [-0.25, -0.2) is 0 Å². The number of carbonyl (C=O) groups excluding carboxylic acids is 2. The van der Waals surface area contributed by atoms with Crippen LogP contribution >= 0.6 is 23.5 Å². The van der Waals surface area contributed by atoms with Crippen molar-refractivity contribution >= 4 is 40.8 Å². The first kappa shape index (κ1) is 19.0. The number of anilines is 1. The summed E-state index contributed by atoms with van der Waals surface area (Å²) in [6, 6.07) is 24.3. The second-order valence-electron chi connectivity index (χ2n) is 8.11. The highest BCUT2D eigenvalue weighted by Gasteiger charge is 2.82. The molecule has 152 valence electrons. The molecule has 4 unspecified atom stereocenters. The molecule has 2 N–H and O–H groups in total. The number of hydrogen-bond acceptors (Lipinski definition) is 5. The van der Waals surface area contributed by atoms with Gasteiger partial charge in [-0.2, -0.15) is 0 Å². The van der Waals surface area contributed by atoms with Crippen LogP contribution in [-0.4, -0.2) is 26.8 Å². The number of hydrogen-bond donors (Lipinski definition) is 1. The van der Waals surface area contributed by atoms with Gasteiger partial charge in [0.1, 0.15) is 4.75 Å². The van der Waals surface area contributed by atoms with Crippen molar-refractivity contribution in [2.24, 2.45) is 0 Å². The standard InChI is InChI=1S/C26H19NO2S2/c27-19-13-7-12-18(21(19)22(28)16-8-3-1-4-9-16)25-15-14-20-24(30-20)26(25,31-25)23(29)17-10-5-2-6-11-17/h1-15,20,24H,27H2. The van der Waals surface area contributed by atoms with Gasteiger partial charge in [-0.3, -0.25) is 9.59 Å². The Balaban J connectivity index is 1.52. The van der Waals surface area contributed by atoms with Crippen molar-refractivity contribution < 1.29 is 9.59 Å². The molecule has 0 amide bonds. The molecule has 2 heterocycles. The van der Waals surface area contributed by atoms with E-state index in [1.54, 1.807) is 17.8 Å². The van der Waals surface area contributed by atoms with E-state index in [9.17, 15) is 9.59 Å². The highest BCUT2D eigenvalue weighted by Crippen LogP contribution is 2.82. The minimum absolute atomic E-state index is 0.101. The number of nitrogen functional groups attached to an aromatic ring is 1. The molecule has 4 atom stereocenters. The Kier molecular flexibility index (Phi) is 4.05. The maximum atomic E-state index is 13.8. The second kappa shape index (κ2) is 6.62. The van der Waals surface area contributed by atoms with Gasteiger partial charge < -0.3 is 5.73 Å². The van der Waals surface area contributed by atoms with Crippen LogP contribution in [0.5, 0.6) is 0 Å². The molecule has 3 aliphatic rings. The molecule has 5 heteroatoms. The molecule has 2 saturated heterocycles. The number of ketones is 2. The molecule has 0 radical (unpaired) electrons. The van der Waals surface area contributed by atoms with Gasteiger partial charge in [-0.1, -0.05) is 84.9 Å². The first-order valence-corrected chi connectivity index (χ1v) is 12.0. The summed E-state index contributed by atoms with van der Waals surface area (Å²) in [7, 11) is 0. The summed E-state index contributed by atoms with van der Waals surface area (Å²) in [5.41, 5.74) is 9.50. The van der Waals surface area contributed by atoms with Crippen molar-refractivity contribution in [3.05, 3.63) is 113 Å². The molecule has 31 heavy (non-hydrogen) atoms. The van der Waals surface area contributed by atoms with Crippen LogP contribution in [0.1, 0.15) is 31.8 Å². The van der Waals surface area contributed by atoms with E-state index in [0.29, 0.717) is 22.1 Å². The second-order valence-corrected chi connectivity index (χ2v) is 10.9. The SMILES string of the molecule is Nc1cccc(C23C=CC4SC4C2(C(=O)c2ccccc2)S3)c1C(=O)c1ccccc1. The lowest BCUT2D eigenvalue weighted by Gasteiger charge is -2.25. The van der Waals surface area contributed by atoms with Crippen molar-refractivity contribution in [3.8, 4) is 0 Å². The fraction of sp³-hybridized carbons (Fsp3) is 0.154. The van der Waals surface area contributed by atoms with Gasteiger partial charge in [-0.15, -0.1) is 23.5 Å². The third kappa shape index (κ3) is 2.57. The van der Waals surface area contributed by atoms with Crippen LogP contribution in [0.25, 0.3) is 0 Å². The molecule has 1 aliphatic carbocycles. The zero-order chi connectivity index (χ0) is 21.2. The van der Waals surface area contributed by atoms with E-state index in [1.165, 1.54) is 0 Å². The summed E-state index contributed by atoms with van der Waals surface area (Å²) in [4.78, 5) is 27.4. The lowest BCUT2D eigenvalue weighted by molar-refractivity contribution is 0.0947. The lowest BCUT2D eigenvalue weighted by atomic mass is 9.73. The van der Waals surface area contributed by atoms with Crippen LogP contribution < -0.4 is 5.73 Å². The van der Waals surface area contributed by atoms with E-state index in [2.05, 4.69) is 12.2 Å². The predicted molar refractivity (Wildman–Crippen MR) is 128 cm³/mol. The number of rotatable bonds is 5. The van der Waals surface area contributed by atoms with Crippen molar-refractivity contribution in [2.45, 2.75) is 20.0 Å². The molecule has 0 saturated carbocycles. The number of Topliss-reactive ketones (excluding diaryl/α,β-unsaturated/α-hetero) is 1. The Labute approximate surface area is 189 Å². The monoisotopic (exact) mass is 441 g/mol. The van der Waals surface area contributed by atoms with Gasteiger partial charge in [0.15, 0.2) is 11.6 Å². The van der Waals surface area contributed by atoms with Crippen LogP contribution in [0.2, 0.25) is 0 Å². The van der Waals surface area contributed by atoms with Gasteiger partial charge in [0.25, 0.3) is 0 Å². The van der Waals surface area contributed by atoms with Crippen molar-refractivity contribution in [3.63, 3.8) is 0 Å². The molecule has 0 spiro atoms. The molecule has 3 aromatic rings. The van der Waals surface area contributed by atoms with E-state index in [1.807, 2.05) is 84.6 Å². The zero-order valence-electron chi connectivity index (χ0n) is 16.5. The van der Waals surface area contributed by atoms with Crippen molar-refractivity contribution in [1.82, 2.24) is 0 Å². The maximum Gasteiger partial charge on any atom is 0.195 e. The van der Waals surface area contributed by atoms with Crippen LogP contribution in [0, 0.1) is 0 Å². The summed E-state index contributed by atoms with van der Waals surface area (Å²) in [5.74, 6) is 0.0404. The largest absolute Gasteiger partial charge is 0.398 e. The van der Waals surface area contributed by atoms with E-state index >= 15 is 0 Å². The summed E-state index contributed by atoms with van der Waals surface area (Å²) in [6.07, 6.45) is 4.35. The minimum Gasteiger partial charge on any atom is -0.398 e. The van der Waals surface area contributed by atoms with Crippen molar-refractivity contribution in [1.29, 1.82) is 0 Å². The summed E-state index contributed by atoms with van der Waals surface area (Å²) < 4.78 is -1.17. The summed E-state index contributed by atoms with van der Waals surface area (Å²) in [5, 5.41) is 0.585. The highest BCUT2D eigenvalue weighted by molar-refractivity contribution is 8.14. The van der Waals surface area contributed by atoms with Crippen LogP contribution in [-0.2, 0) is 4.75 Å². The fourth-order valence-electron chi connectivity index (χ4n) is 4.84. The zero-order valence-corrected chi connectivity index (χ0v) is 18.2. The van der Waals surface area contributed by atoms with E-state index < -0.39 is 9.49 Å². The number of benzene rings is 3. The van der Waals surface area contributed by atoms with Gasteiger partial charge in [0.05, 0.1) is 10.3 Å². The number of fused-ring (bicyclic) bond motifs is 3. The van der Waals surface area contributed by atoms with Gasteiger partial charge in [-0.05, 0) is 11.6 Å². The Bertz CT molecular complexity index is 1260. The maximum absolute atomic E-state index is 13.8. The number of nitrogens with two attached hydrogens (primary N) is 1. The third-order valence-corrected chi connectivity index (χ3v) is 9.81. The highest BCUT2D eigenvalue weighted by atomic mass is 32.2. The van der Waals surface area contributed by atoms with E-state index in [0.717, 1.165) is 11.1 Å². The molecule has 3 nitrogen and oxygen atoms in total. The van der Waals surface area contributed by atoms with Crippen LogP contribution in [0.15, 0.2) is 91.0 Å². The molecule has 6 rings (SSSR count). The molecular weight excluding hydrogens is 422 g/mol. The summed E-state index contributed by atoms with van der Waals surface area (Å²) in [6.45, 7) is 0. The Morgan fingerprint density at radius 2 is 1.52 bits per heavy atom. The normalized spacial score (nSPS) is 29.5. The van der Waals surface area contributed by atoms with Crippen molar-refractivity contribution in [2.75, 3.05) is 5.73 Å². The average molecular weight is 442 g/mol. The van der Waals surface area contributed by atoms with Gasteiger partial charge in [0, 0.05) is 27.3 Å². The van der Waals surface area contributed by atoms with Gasteiger partial charge in [0.2, 0.25) is 0 Å². The minimum atomic E-state index is -0.599. The van der Waals surface area contributed by atoms with Crippen LogP contribution in [0.4, 0.5) is 5.69 Å². The first-order valence-electron chi connectivity index (χ1n) is 10.2. The smallest absolute Gasteiger partial charge is 0.195 e.